The van der Waals surface area contributed by atoms with Gasteiger partial charge in [0.1, 0.15) is 22.9 Å². The molecule has 4 rings (SSSR count). The Kier molecular flexibility index (Phi) is 7.75. The highest BCUT2D eigenvalue weighted by Gasteiger charge is 2.35. The molecule has 0 spiro atoms. The monoisotopic (exact) mass is 495 g/mol. The zero-order valence-electron chi connectivity index (χ0n) is 18.5. The second kappa shape index (κ2) is 10.8. The Morgan fingerprint density at radius 2 is 1.97 bits per heavy atom. The van der Waals surface area contributed by atoms with Gasteiger partial charge in [-0.25, -0.2) is 4.98 Å². The summed E-state index contributed by atoms with van der Waals surface area (Å²) in [4.78, 5) is 21.2. The van der Waals surface area contributed by atoms with Crippen LogP contribution in [-0.4, -0.2) is 53.5 Å². The molecule has 0 bridgehead atoms. The predicted molar refractivity (Wildman–Crippen MR) is 122 cm³/mol. The van der Waals surface area contributed by atoms with Gasteiger partial charge in [0.15, 0.2) is 0 Å². The van der Waals surface area contributed by atoms with E-state index in [4.69, 9.17) is 21.1 Å². The number of nitrogens with one attached hydrogen (secondary N) is 1. The number of fused-ring (bicyclic) bond motifs is 1. The topological polar surface area (TPSA) is 67.5 Å². The highest BCUT2D eigenvalue weighted by molar-refractivity contribution is 6.32. The Morgan fingerprint density at radius 3 is 2.71 bits per heavy atom. The summed E-state index contributed by atoms with van der Waals surface area (Å²) >= 11 is 6.33. The van der Waals surface area contributed by atoms with E-state index in [9.17, 15) is 18.0 Å². The standard InChI is InChI=1S/C24H25ClF3N3O3/c25-19-14-16(13-17(32)3-1-2-8-31-9-11-33-12-10-31)4-5-20(19)34-21-6-7-29-23-22(21)18(15-30-23)24(26,27)28/h4-7,14-15H,1-3,8-13H2,(H,29,30). The van der Waals surface area contributed by atoms with E-state index < -0.39 is 11.7 Å². The smallest absolute Gasteiger partial charge is 0.418 e. The third kappa shape index (κ3) is 6.08. The number of carbonyl (C=O) groups excluding carboxylic acids is 1. The molecule has 1 N–H and O–H groups in total. The van der Waals surface area contributed by atoms with Gasteiger partial charge in [0.05, 0.1) is 29.2 Å². The second-order valence-electron chi connectivity index (χ2n) is 8.23. The van der Waals surface area contributed by atoms with E-state index in [1.165, 1.54) is 12.3 Å². The predicted octanol–water partition coefficient (Wildman–Crippen LogP) is 5.64. The maximum absolute atomic E-state index is 13.4. The number of pyridine rings is 1. The normalized spacial score (nSPS) is 15.1. The molecule has 1 fully saturated rings. The fraction of sp³-hybridized carbons (Fsp3) is 0.417. The molecule has 0 amide bonds. The first-order valence-corrected chi connectivity index (χ1v) is 11.5. The Hall–Kier alpha value is -2.62. The average molecular weight is 496 g/mol. The first-order chi connectivity index (χ1) is 16.3. The van der Waals surface area contributed by atoms with E-state index >= 15 is 0 Å². The van der Waals surface area contributed by atoms with Crippen LogP contribution in [0.3, 0.4) is 0 Å². The highest BCUT2D eigenvalue weighted by Crippen LogP contribution is 2.40. The van der Waals surface area contributed by atoms with Crippen molar-refractivity contribution >= 4 is 28.4 Å². The zero-order valence-corrected chi connectivity index (χ0v) is 19.2. The molecule has 1 aliphatic rings. The van der Waals surface area contributed by atoms with Gasteiger partial charge >= 0.3 is 6.18 Å². The number of hydrogen-bond donors (Lipinski definition) is 1. The van der Waals surface area contributed by atoms with Crippen LogP contribution < -0.4 is 4.74 Å². The minimum absolute atomic E-state index is 0.00966. The molecule has 0 atom stereocenters. The molecule has 0 aliphatic carbocycles. The quantitative estimate of drug-likeness (QED) is 0.389. The minimum Gasteiger partial charge on any atom is -0.455 e. The number of morpholine rings is 1. The minimum atomic E-state index is -4.56. The number of alkyl halides is 3. The Morgan fingerprint density at radius 1 is 1.18 bits per heavy atom. The van der Waals surface area contributed by atoms with Gasteiger partial charge in [-0.3, -0.25) is 9.69 Å². The van der Waals surface area contributed by atoms with Crippen LogP contribution in [0.2, 0.25) is 5.02 Å². The molecule has 1 aromatic carbocycles. The van der Waals surface area contributed by atoms with Crippen molar-refractivity contribution < 1.29 is 27.4 Å². The number of nitrogens with zero attached hydrogens (tertiary/aromatic N) is 2. The summed E-state index contributed by atoms with van der Waals surface area (Å²) in [6, 6.07) is 6.24. The average Bonchev–Trinajstić information content (AvgIpc) is 3.25. The van der Waals surface area contributed by atoms with Crippen molar-refractivity contribution in [2.75, 3.05) is 32.8 Å². The van der Waals surface area contributed by atoms with Crippen molar-refractivity contribution in [2.24, 2.45) is 0 Å². The lowest BCUT2D eigenvalue weighted by Crippen LogP contribution is -2.36. The zero-order chi connectivity index (χ0) is 24.1. The van der Waals surface area contributed by atoms with Crippen LogP contribution in [0.15, 0.2) is 36.7 Å². The number of unbranched alkanes of at least 4 members (excludes halogenated alkanes) is 1. The van der Waals surface area contributed by atoms with Gasteiger partial charge < -0.3 is 14.5 Å². The summed E-state index contributed by atoms with van der Waals surface area (Å²) in [5.41, 5.74) is -0.0672. The summed E-state index contributed by atoms with van der Waals surface area (Å²) in [7, 11) is 0. The number of rotatable bonds is 9. The van der Waals surface area contributed by atoms with Crippen LogP contribution in [0.1, 0.15) is 30.4 Å². The Balaban J connectivity index is 1.35. The molecule has 3 heterocycles. The number of ketones is 1. The van der Waals surface area contributed by atoms with Crippen molar-refractivity contribution in [1.82, 2.24) is 14.9 Å². The molecule has 10 heteroatoms. The second-order valence-corrected chi connectivity index (χ2v) is 8.63. The molecule has 3 aromatic rings. The largest absolute Gasteiger partial charge is 0.455 e. The van der Waals surface area contributed by atoms with E-state index in [2.05, 4.69) is 14.9 Å². The number of halogens is 4. The molecular formula is C24H25ClF3N3O3. The molecule has 1 aliphatic heterocycles. The summed E-state index contributed by atoms with van der Waals surface area (Å²) in [6.07, 6.45) is 0.168. The molecule has 0 saturated carbocycles. The van der Waals surface area contributed by atoms with Crippen LogP contribution in [0.5, 0.6) is 11.5 Å². The number of H-pyrrole nitrogens is 1. The number of carbonyl (C=O) groups is 1. The number of aromatic nitrogens is 2. The Labute approximate surface area is 200 Å². The summed E-state index contributed by atoms with van der Waals surface area (Å²) in [6.45, 7) is 4.37. The number of hydrogen-bond acceptors (Lipinski definition) is 5. The maximum atomic E-state index is 13.4. The maximum Gasteiger partial charge on any atom is 0.418 e. The first kappa shape index (κ1) is 24.5. The SMILES string of the molecule is O=C(CCCCN1CCOCC1)Cc1ccc(Oc2ccnc3[nH]cc(C(F)(F)F)c23)c(Cl)c1. The third-order valence-electron chi connectivity index (χ3n) is 5.74. The molecule has 34 heavy (non-hydrogen) atoms. The number of aromatic amines is 1. The molecule has 6 nitrogen and oxygen atoms in total. The van der Waals surface area contributed by atoms with Gasteiger partial charge in [-0.1, -0.05) is 17.7 Å². The van der Waals surface area contributed by atoms with Crippen LogP contribution in [-0.2, 0) is 22.1 Å². The van der Waals surface area contributed by atoms with Crippen LogP contribution in [0, 0.1) is 0 Å². The molecule has 0 radical (unpaired) electrons. The van der Waals surface area contributed by atoms with Crippen LogP contribution in [0.4, 0.5) is 13.2 Å². The van der Waals surface area contributed by atoms with E-state index in [0.717, 1.165) is 57.4 Å². The van der Waals surface area contributed by atoms with Crippen molar-refractivity contribution in [1.29, 1.82) is 0 Å². The van der Waals surface area contributed by atoms with E-state index in [-0.39, 0.29) is 39.8 Å². The first-order valence-electron chi connectivity index (χ1n) is 11.1. The van der Waals surface area contributed by atoms with Crippen molar-refractivity contribution in [3.05, 3.63) is 52.8 Å². The van der Waals surface area contributed by atoms with E-state index in [1.807, 2.05) is 0 Å². The lowest BCUT2D eigenvalue weighted by molar-refractivity contribution is -0.136. The van der Waals surface area contributed by atoms with Gasteiger partial charge in [0, 0.05) is 38.3 Å². The van der Waals surface area contributed by atoms with Crippen molar-refractivity contribution in [2.45, 2.75) is 31.9 Å². The fourth-order valence-corrected chi connectivity index (χ4v) is 4.23. The lowest BCUT2D eigenvalue weighted by Gasteiger charge is -2.26. The van der Waals surface area contributed by atoms with Gasteiger partial charge in [-0.2, -0.15) is 13.2 Å². The number of benzene rings is 1. The number of ether oxygens (including phenoxy) is 2. The van der Waals surface area contributed by atoms with E-state index in [0.29, 0.717) is 6.42 Å². The van der Waals surface area contributed by atoms with Gasteiger partial charge in [0.2, 0.25) is 0 Å². The van der Waals surface area contributed by atoms with Gasteiger partial charge in [-0.15, -0.1) is 0 Å². The lowest BCUT2D eigenvalue weighted by atomic mass is 10.0. The molecule has 0 unspecified atom stereocenters. The third-order valence-corrected chi connectivity index (χ3v) is 6.04. The highest BCUT2D eigenvalue weighted by atomic mass is 35.5. The van der Waals surface area contributed by atoms with Gasteiger partial charge in [-0.05, 0) is 43.1 Å². The summed E-state index contributed by atoms with van der Waals surface area (Å²) in [5, 5.41) is 0.0501. The van der Waals surface area contributed by atoms with Crippen molar-refractivity contribution in [3.8, 4) is 11.5 Å². The van der Waals surface area contributed by atoms with Crippen LogP contribution >= 0.6 is 11.6 Å². The Bertz CT molecular complexity index is 1140. The number of Topliss-reactive ketones (excluding diaryl/α,β-unsaturated/α-hetero) is 1. The van der Waals surface area contributed by atoms with Gasteiger partial charge in [0.25, 0.3) is 0 Å². The fourth-order valence-electron chi connectivity index (χ4n) is 3.99. The van der Waals surface area contributed by atoms with E-state index in [1.54, 1.807) is 18.2 Å². The van der Waals surface area contributed by atoms with Crippen LogP contribution in [0.25, 0.3) is 11.0 Å². The molecule has 2 aromatic heterocycles. The molecular weight excluding hydrogens is 471 g/mol. The molecule has 182 valence electrons. The summed E-state index contributed by atoms with van der Waals surface area (Å²) < 4.78 is 51.1. The van der Waals surface area contributed by atoms with Crippen molar-refractivity contribution in [3.63, 3.8) is 0 Å². The molecule has 1 saturated heterocycles. The summed E-state index contributed by atoms with van der Waals surface area (Å²) in [5.74, 6) is 0.305.